The first-order valence-corrected chi connectivity index (χ1v) is 12.1. The van der Waals surface area contributed by atoms with Crippen LogP contribution in [0.15, 0.2) is 88.7 Å². The van der Waals surface area contributed by atoms with E-state index in [1.807, 2.05) is 6.07 Å². The number of hydrogen-bond acceptors (Lipinski definition) is 3. The predicted octanol–water partition coefficient (Wildman–Crippen LogP) is 7.84. The van der Waals surface area contributed by atoms with Crippen LogP contribution in [-0.2, 0) is 6.61 Å². The Morgan fingerprint density at radius 1 is 0.724 bits per heavy atom. The summed E-state index contributed by atoms with van der Waals surface area (Å²) in [6.07, 6.45) is 4.28. The van der Waals surface area contributed by atoms with Crippen LogP contribution >= 0.6 is 23.5 Å². The van der Waals surface area contributed by atoms with Gasteiger partial charge in [-0.1, -0.05) is 60.7 Å². The van der Waals surface area contributed by atoms with Gasteiger partial charge < -0.3 is 4.74 Å². The van der Waals surface area contributed by atoms with Gasteiger partial charge in [0.05, 0.1) is 0 Å². The second-order valence-corrected chi connectivity index (χ2v) is 8.66. The summed E-state index contributed by atoms with van der Waals surface area (Å²) in [6.45, 7) is 2.75. The van der Waals surface area contributed by atoms with E-state index in [2.05, 4.69) is 92.2 Å². The molecule has 1 nitrogen and oxygen atoms in total. The minimum absolute atomic E-state index is 0.568. The summed E-state index contributed by atoms with van der Waals surface area (Å²) < 4.78 is 6.33. The fourth-order valence-corrected chi connectivity index (χ4v) is 5.18. The van der Waals surface area contributed by atoms with Gasteiger partial charge in [-0.3, -0.25) is 0 Å². The second-order valence-electron chi connectivity index (χ2n) is 6.96. The Morgan fingerprint density at radius 3 is 1.93 bits per heavy atom. The van der Waals surface area contributed by atoms with Crippen LogP contribution in [0.3, 0.4) is 0 Å². The van der Waals surface area contributed by atoms with Gasteiger partial charge in [0.25, 0.3) is 0 Å². The number of ether oxygens (including phenoxy) is 1. The van der Waals surface area contributed by atoms with E-state index in [1.165, 1.54) is 42.8 Å². The van der Waals surface area contributed by atoms with Gasteiger partial charge in [-0.25, -0.2) is 0 Å². The van der Waals surface area contributed by atoms with Crippen LogP contribution in [0, 0.1) is 6.92 Å². The molecular formula is C26H24OS2. The van der Waals surface area contributed by atoms with E-state index in [0.29, 0.717) is 6.61 Å². The van der Waals surface area contributed by atoms with Gasteiger partial charge in [0, 0.05) is 15.2 Å². The number of hydrogen-bond donors (Lipinski definition) is 0. The monoisotopic (exact) mass is 416 g/mol. The number of thioether (sulfide) groups is 2. The van der Waals surface area contributed by atoms with E-state index in [1.54, 1.807) is 23.5 Å². The molecule has 4 rings (SSSR count). The van der Waals surface area contributed by atoms with Crippen LogP contribution in [0.4, 0.5) is 0 Å². The van der Waals surface area contributed by atoms with E-state index >= 15 is 0 Å². The van der Waals surface area contributed by atoms with Gasteiger partial charge in [0.15, 0.2) is 0 Å². The highest BCUT2D eigenvalue weighted by Gasteiger charge is 2.15. The average Bonchev–Trinajstić information content (AvgIpc) is 2.77. The van der Waals surface area contributed by atoms with Crippen molar-refractivity contribution in [3.8, 4) is 16.9 Å². The molecule has 0 radical (unpaired) electrons. The lowest BCUT2D eigenvalue weighted by Crippen LogP contribution is -1.98. The van der Waals surface area contributed by atoms with E-state index in [0.717, 1.165) is 5.75 Å². The van der Waals surface area contributed by atoms with Crippen LogP contribution in [0.1, 0.15) is 11.1 Å². The van der Waals surface area contributed by atoms with Crippen LogP contribution < -0.4 is 4.74 Å². The lowest BCUT2D eigenvalue weighted by molar-refractivity contribution is 0.310. The first-order chi connectivity index (χ1) is 14.2. The molecule has 4 aromatic carbocycles. The minimum atomic E-state index is 0.568. The molecule has 0 spiro atoms. The fraction of sp³-hybridized carbons (Fsp3) is 0.154. The molecule has 0 N–H and O–H groups in total. The molecule has 0 atom stereocenters. The number of aryl methyl sites for hydroxylation is 1. The largest absolute Gasteiger partial charge is 0.488 e. The molecular weight excluding hydrogens is 392 g/mol. The third kappa shape index (κ3) is 4.17. The predicted molar refractivity (Wildman–Crippen MR) is 128 cm³/mol. The lowest BCUT2D eigenvalue weighted by Gasteiger charge is -2.18. The summed E-state index contributed by atoms with van der Waals surface area (Å²) >= 11 is 3.59. The quantitative estimate of drug-likeness (QED) is 0.296. The fourth-order valence-electron chi connectivity index (χ4n) is 3.69. The molecule has 0 aliphatic carbocycles. The van der Waals surface area contributed by atoms with Gasteiger partial charge in [-0.05, 0) is 65.3 Å². The maximum atomic E-state index is 6.33. The molecule has 0 aromatic heterocycles. The van der Waals surface area contributed by atoms with Crippen molar-refractivity contribution in [2.24, 2.45) is 0 Å². The van der Waals surface area contributed by atoms with Crippen molar-refractivity contribution < 1.29 is 4.74 Å². The molecule has 3 heteroatoms. The smallest absolute Gasteiger partial charge is 0.127 e. The van der Waals surface area contributed by atoms with Crippen LogP contribution in [0.25, 0.3) is 21.9 Å². The van der Waals surface area contributed by atoms with E-state index < -0.39 is 0 Å². The molecule has 0 amide bonds. The normalized spacial score (nSPS) is 11.0. The van der Waals surface area contributed by atoms with Crippen molar-refractivity contribution in [3.63, 3.8) is 0 Å². The molecule has 0 saturated heterocycles. The summed E-state index contributed by atoms with van der Waals surface area (Å²) in [7, 11) is 0. The highest BCUT2D eigenvalue weighted by atomic mass is 32.2. The van der Waals surface area contributed by atoms with Crippen molar-refractivity contribution >= 4 is 34.3 Å². The highest BCUT2D eigenvalue weighted by Crippen LogP contribution is 2.42. The number of fused-ring (bicyclic) bond motifs is 1. The molecule has 0 aliphatic rings. The Hall–Kier alpha value is -2.36. The second kappa shape index (κ2) is 8.98. The molecule has 0 saturated carbocycles. The van der Waals surface area contributed by atoms with Gasteiger partial charge in [0.1, 0.15) is 12.4 Å². The summed E-state index contributed by atoms with van der Waals surface area (Å²) in [5, 5.41) is 2.42. The zero-order chi connectivity index (χ0) is 20.2. The van der Waals surface area contributed by atoms with Gasteiger partial charge in [-0.2, -0.15) is 0 Å². The maximum Gasteiger partial charge on any atom is 0.127 e. The van der Waals surface area contributed by atoms with Crippen molar-refractivity contribution in [2.75, 3.05) is 12.5 Å². The zero-order valence-electron chi connectivity index (χ0n) is 16.9. The summed E-state index contributed by atoms with van der Waals surface area (Å²) in [6, 6.07) is 27.8. The third-order valence-corrected chi connectivity index (χ3v) is 6.78. The molecule has 0 fully saturated rings. The summed E-state index contributed by atoms with van der Waals surface area (Å²) in [5.74, 6) is 0.948. The van der Waals surface area contributed by atoms with Crippen LogP contribution in [-0.4, -0.2) is 12.5 Å². The van der Waals surface area contributed by atoms with Crippen molar-refractivity contribution in [2.45, 2.75) is 23.3 Å². The van der Waals surface area contributed by atoms with Crippen molar-refractivity contribution in [3.05, 3.63) is 90.0 Å². The van der Waals surface area contributed by atoms with E-state index in [9.17, 15) is 0 Å². The Bertz CT molecular complexity index is 1120. The van der Waals surface area contributed by atoms with Crippen molar-refractivity contribution in [1.82, 2.24) is 0 Å². The molecule has 0 heterocycles. The molecule has 0 unspecified atom stereocenters. The lowest BCUT2D eigenvalue weighted by atomic mass is 9.93. The first kappa shape index (κ1) is 19.9. The van der Waals surface area contributed by atoms with Crippen LogP contribution in [0.2, 0.25) is 0 Å². The van der Waals surface area contributed by atoms with Crippen LogP contribution in [0.5, 0.6) is 5.75 Å². The Morgan fingerprint density at radius 2 is 1.31 bits per heavy atom. The minimum Gasteiger partial charge on any atom is -0.488 e. The molecule has 4 aromatic rings. The standard InChI is InChI=1S/C26H24OS2/c1-18-14-23(27-17-19-10-6-4-7-11-19)21-15-24(28-2)25(29-3)16-22(21)26(18)20-12-8-5-9-13-20/h4-16H,17H2,1-3H3. The number of benzene rings is 4. The summed E-state index contributed by atoms with van der Waals surface area (Å²) in [5.41, 5.74) is 4.94. The average molecular weight is 417 g/mol. The highest BCUT2D eigenvalue weighted by molar-refractivity contribution is 8.01. The van der Waals surface area contributed by atoms with Gasteiger partial charge in [-0.15, -0.1) is 23.5 Å². The third-order valence-electron chi connectivity index (χ3n) is 5.10. The van der Waals surface area contributed by atoms with Gasteiger partial charge >= 0.3 is 0 Å². The Kier molecular flexibility index (Phi) is 6.17. The maximum absolute atomic E-state index is 6.33. The van der Waals surface area contributed by atoms with E-state index in [4.69, 9.17) is 4.74 Å². The number of rotatable bonds is 6. The molecule has 0 aliphatic heterocycles. The zero-order valence-corrected chi connectivity index (χ0v) is 18.6. The SMILES string of the molecule is CSc1cc2c(OCc3ccccc3)cc(C)c(-c3ccccc3)c2cc1SC. The van der Waals surface area contributed by atoms with Gasteiger partial charge in [0.2, 0.25) is 0 Å². The molecule has 29 heavy (non-hydrogen) atoms. The Balaban J connectivity index is 1.90. The topological polar surface area (TPSA) is 9.23 Å². The van der Waals surface area contributed by atoms with Crippen molar-refractivity contribution in [1.29, 1.82) is 0 Å². The molecule has 146 valence electrons. The van der Waals surface area contributed by atoms with E-state index in [-0.39, 0.29) is 0 Å². The Labute approximate surface area is 181 Å². The summed E-state index contributed by atoms with van der Waals surface area (Å²) in [4.78, 5) is 2.60. The molecule has 0 bridgehead atoms. The first-order valence-electron chi connectivity index (χ1n) is 9.62.